The highest BCUT2D eigenvalue weighted by Crippen LogP contribution is 2.42. The van der Waals surface area contributed by atoms with Crippen LogP contribution in [-0.2, 0) is 6.54 Å². The van der Waals surface area contributed by atoms with Gasteiger partial charge in [-0.3, -0.25) is 9.78 Å². The zero-order chi connectivity index (χ0) is 17.0. The van der Waals surface area contributed by atoms with Crippen LogP contribution in [0.4, 0.5) is 0 Å². The molecule has 5 nitrogen and oxygen atoms in total. The Hall–Kier alpha value is -2.95. The second-order valence-corrected chi connectivity index (χ2v) is 6.92. The van der Waals surface area contributed by atoms with Gasteiger partial charge in [-0.15, -0.1) is 0 Å². The fraction of sp³-hybridized carbons (Fsp3) is 0.250. The molecule has 0 aromatic carbocycles. The molecule has 0 atom stereocenters. The lowest BCUT2D eigenvalue weighted by molar-refractivity contribution is 0.751. The van der Waals surface area contributed by atoms with Gasteiger partial charge in [-0.25, -0.2) is 4.98 Å². The summed E-state index contributed by atoms with van der Waals surface area (Å²) in [5.41, 5.74) is 4.16. The van der Waals surface area contributed by atoms with Crippen LogP contribution in [0.5, 0.6) is 0 Å². The molecule has 4 aromatic rings. The number of aryl methyl sites for hydroxylation is 1. The lowest BCUT2D eigenvalue weighted by atomic mass is 10.1. The van der Waals surface area contributed by atoms with Gasteiger partial charge in [0.15, 0.2) is 0 Å². The molecule has 1 aliphatic carbocycles. The lowest BCUT2D eigenvalue weighted by Gasteiger charge is -2.08. The predicted molar refractivity (Wildman–Crippen MR) is 97.0 cm³/mol. The van der Waals surface area contributed by atoms with E-state index in [-0.39, 0.29) is 5.56 Å². The summed E-state index contributed by atoms with van der Waals surface area (Å²) in [6.07, 6.45) is 11.9. The van der Waals surface area contributed by atoms with Crippen molar-refractivity contribution in [1.82, 2.24) is 18.9 Å². The molecule has 0 unspecified atom stereocenters. The molecule has 5 heteroatoms. The fourth-order valence-electron chi connectivity index (χ4n) is 3.48. The third-order valence-electron chi connectivity index (χ3n) is 4.93. The molecule has 0 N–H and O–H groups in total. The van der Waals surface area contributed by atoms with Crippen molar-refractivity contribution >= 4 is 16.4 Å². The molecule has 25 heavy (non-hydrogen) atoms. The smallest absolute Gasteiger partial charge is 0.260 e. The molecule has 124 valence electrons. The van der Waals surface area contributed by atoms with E-state index in [0.29, 0.717) is 17.8 Å². The maximum Gasteiger partial charge on any atom is 0.260 e. The average molecular weight is 330 g/mol. The van der Waals surface area contributed by atoms with E-state index in [4.69, 9.17) is 0 Å². The number of aromatic nitrogens is 4. The molecule has 1 aliphatic rings. The van der Waals surface area contributed by atoms with E-state index in [1.165, 1.54) is 24.0 Å². The predicted octanol–water partition coefficient (Wildman–Crippen LogP) is 3.28. The van der Waals surface area contributed by atoms with Crippen molar-refractivity contribution in [3.63, 3.8) is 0 Å². The molecule has 4 heterocycles. The third kappa shape index (κ3) is 2.43. The van der Waals surface area contributed by atoms with Gasteiger partial charge in [0.1, 0.15) is 5.65 Å². The van der Waals surface area contributed by atoms with Crippen molar-refractivity contribution in [2.24, 2.45) is 0 Å². The van der Waals surface area contributed by atoms with Crippen LogP contribution in [0.3, 0.4) is 0 Å². The van der Waals surface area contributed by atoms with E-state index < -0.39 is 0 Å². The van der Waals surface area contributed by atoms with Gasteiger partial charge in [-0.1, -0.05) is 6.07 Å². The number of hydrogen-bond donors (Lipinski definition) is 0. The first-order valence-corrected chi connectivity index (χ1v) is 8.60. The Morgan fingerprint density at radius 3 is 2.84 bits per heavy atom. The van der Waals surface area contributed by atoms with Crippen LogP contribution in [0, 0.1) is 6.92 Å². The normalized spacial score (nSPS) is 14.4. The number of pyridine rings is 3. The molecule has 5 rings (SSSR count). The van der Waals surface area contributed by atoms with Crippen LogP contribution < -0.4 is 5.56 Å². The highest BCUT2D eigenvalue weighted by molar-refractivity contribution is 5.84. The van der Waals surface area contributed by atoms with Crippen molar-refractivity contribution in [2.75, 3.05) is 0 Å². The molecule has 0 amide bonds. The Morgan fingerprint density at radius 2 is 2.00 bits per heavy atom. The summed E-state index contributed by atoms with van der Waals surface area (Å²) in [5, 5.41) is 1.75. The first-order chi connectivity index (χ1) is 12.2. The zero-order valence-electron chi connectivity index (χ0n) is 14.0. The largest absolute Gasteiger partial charge is 0.309 e. The summed E-state index contributed by atoms with van der Waals surface area (Å²) >= 11 is 0. The van der Waals surface area contributed by atoms with Gasteiger partial charge in [0.25, 0.3) is 5.56 Å². The Labute approximate surface area is 144 Å². The molecule has 0 bridgehead atoms. The minimum absolute atomic E-state index is 0.000682. The molecular formula is C20H18N4O. The molecule has 1 fully saturated rings. The molecule has 0 saturated heterocycles. The van der Waals surface area contributed by atoms with Gasteiger partial charge in [0, 0.05) is 31.0 Å². The van der Waals surface area contributed by atoms with Crippen LogP contribution in [0.15, 0.2) is 54.0 Å². The summed E-state index contributed by atoms with van der Waals surface area (Å²) in [6.45, 7) is 2.51. The number of rotatable bonds is 3. The number of hydrogen-bond acceptors (Lipinski definition) is 3. The number of imidazole rings is 1. The van der Waals surface area contributed by atoms with E-state index >= 15 is 0 Å². The van der Waals surface area contributed by atoms with Crippen molar-refractivity contribution < 1.29 is 0 Å². The summed E-state index contributed by atoms with van der Waals surface area (Å²) in [6, 6.07) is 6.08. The van der Waals surface area contributed by atoms with Crippen LogP contribution in [0.2, 0.25) is 0 Å². The van der Waals surface area contributed by atoms with Crippen molar-refractivity contribution in [2.45, 2.75) is 32.2 Å². The van der Waals surface area contributed by atoms with E-state index in [9.17, 15) is 4.79 Å². The highest BCUT2D eigenvalue weighted by atomic mass is 16.1. The van der Waals surface area contributed by atoms with Gasteiger partial charge in [0.2, 0.25) is 0 Å². The topological polar surface area (TPSA) is 52.2 Å². The van der Waals surface area contributed by atoms with Crippen LogP contribution >= 0.6 is 0 Å². The Morgan fingerprint density at radius 1 is 1.12 bits per heavy atom. The lowest BCUT2D eigenvalue weighted by Crippen LogP contribution is -2.20. The third-order valence-corrected chi connectivity index (χ3v) is 4.93. The quantitative estimate of drug-likeness (QED) is 0.579. The first-order valence-electron chi connectivity index (χ1n) is 8.60. The summed E-state index contributed by atoms with van der Waals surface area (Å²) in [5.74, 6) is 0.577. The standard InChI is InChI=1S/C20H18N4O/c1-13-2-5-19-22-15(12-24(19)10-13)11-23-7-6-16-17(14-3-4-14)8-21-9-18(16)20(23)25/h2,5-10,12,14H,3-4,11H2,1H3. The maximum absolute atomic E-state index is 12.9. The van der Waals surface area contributed by atoms with Crippen molar-refractivity contribution in [1.29, 1.82) is 0 Å². The second-order valence-electron chi connectivity index (χ2n) is 6.92. The van der Waals surface area contributed by atoms with Crippen LogP contribution in [-0.4, -0.2) is 18.9 Å². The van der Waals surface area contributed by atoms with Crippen LogP contribution in [0.25, 0.3) is 16.4 Å². The number of fused-ring (bicyclic) bond motifs is 2. The SMILES string of the molecule is Cc1ccc2nc(Cn3ccc4c(C5CC5)cncc4c3=O)cn2c1. The minimum Gasteiger partial charge on any atom is -0.309 e. The van der Waals surface area contributed by atoms with Gasteiger partial charge in [-0.05, 0) is 54.3 Å². The van der Waals surface area contributed by atoms with Gasteiger partial charge in [0.05, 0.1) is 17.6 Å². The molecule has 0 aliphatic heterocycles. The minimum atomic E-state index is 0.000682. The molecular weight excluding hydrogens is 312 g/mol. The Bertz CT molecular complexity index is 1170. The monoisotopic (exact) mass is 330 g/mol. The zero-order valence-corrected chi connectivity index (χ0v) is 14.0. The molecule has 4 aromatic heterocycles. The summed E-state index contributed by atoms with van der Waals surface area (Å²) in [7, 11) is 0. The molecule has 0 spiro atoms. The molecule has 0 radical (unpaired) electrons. The van der Waals surface area contributed by atoms with Gasteiger partial charge < -0.3 is 8.97 Å². The van der Waals surface area contributed by atoms with E-state index in [1.807, 2.05) is 47.4 Å². The Kier molecular flexibility index (Phi) is 3.04. The number of nitrogens with zero attached hydrogens (tertiary/aromatic N) is 4. The Balaban J connectivity index is 1.58. The van der Waals surface area contributed by atoms with E-state index in [2.05, 4.69) is 16.9 Å². The fourth-order valence-corrected chi connectivity index (χ4v) is 3.48. The van der Waals surface area contributed by atoms with Crippen molar-refractivity contribution in [3.05, 3.63) is 76.4 Å². The second kappa shape index (κ2) is 5.28. The van der Waals surface area contributed by atoms with Gasteiger partial charge in [-0.2, -0.15) is 0 Å². The summed E-state index contributed by atoms with van der Waals surface area (Å²) < 4.78 is 3.72. The maximum atomic E-state index is 12.9. The van der Waals surface area contributed by atoms with Crippen LogP contribution in [0.1, 0.15) is 35.6 Å². The average Bonchev–Trinajstić information content (AvgIpc) is 3.37. The summed E-state index contributed by atoms with van der Waals surface area (Å²) in [4.78, 5) is 21.8. The van der Waals surface area contributed by atoms with E-state index in [0.717, 1.165) is 16.7 Å². The highest BCUT2D eigenvalue weighted by Gasteiger charge is 2.26. The first kappa shape index (κ1) is 14.4. The van der Waals surface area contributed by atoms with Crippen molar-refractivity contribution in [3.8, 4) is 0 Å². The van der Waals surface area contributed by atoms with E-state index in [1.54, 1.807) is 10.8 Å². The molecule has 1 saturated carbocycles. The van der Waals surface area contributed by atoms with Gasteiger partial charge >= 0.3 is 0 Å².